The van der Waals surface area contributed by atoms with Crippen molar-refractivity contribution in [2.45, 2.75) is 19.6 Å². The van der Waals surface area contributed by atoms with Crippen molar-refractivity contribution in [3.8, 4) is 5.75 Å². The number of nitrogens with zero attached hydrogens (tertiary/aromatic N) is 3. The van der Waals surface area contributed by atoms with E-state index in [0.717, 1.165) is 16.8 Å². The topological polar surface area (TPSA) is 81.4 Å². The quantitative estimate of drug-likeness (QED) is 0.636. The molecule has 3 aromatic rings. The number of nitrogens with one attached hydrogen (secondary N) is 1. The molecule has 0 aliphatic carbocycles. The summed E-state index contributed by atoms with van der Waals surface area (Å²) in [6.45, 7) is 2.64. The molecule has 1 aliphatic heterocycles. The number of aryl methyl sites for hydroxylation is 1. The zero-order valence-corrected chi connectivity index (χ0v) is 16.5. The van der Waals surface area contributed by atoms with Crippen molar-refractivity contribution in [3.05, 3.63) is 64.2 Å². The second-order valence-corrected chi connectivity index (χ2v) is 7.10. The Morgan fingerprint density at radius 1 is 1.34 bits per heavy atom. The van der Waals surface area contributed by atoms with Crippen LogP contribution in [-0.4, -0.2) is 39.7 Å². The molecular formula is C20H20ClFN4O3. The van der Waals surface area contributed by atoms with Crippen LogP contribution in [0.2, 0.25) is 5.02 Å². The molecule has 152 valence electrons. The normalized spacial score (nSPS) is 15.8. The number of anilines is 2. The van der Waals surface area contributed by atoms with Crippen molar-refractivity contribution in [1.29, 1.82) is 0 Å². The first-order chi connectivity index (χ1) is 14.1. The lowest BCUT2D eigenvalue weighted by atomic mass is 10.1. The average Bonchev–Trinajstić information content (AvgIpc) is 3.12. The lowest BCUT2D eigenvalue weighted by Crippen LogP contribution is -2.26. The molecule has 0 spiro atoms. The third-order valence-electron chi connectivity index (χ3n) is 4.69. The SMILES string of the molecule is Cc1cc(Cl)c(OCCO)cc1Nc1nnc2n1[C@@H](c1cccc(F)c1)COC2. The first-order valence-electron chi connectivity index (χ1n) is 9.14. The number of aromatic nitrogens is 3. The standard InChI is InChI=1S/C20H20ClFN4O3/c1-12-7-15(21)18(29-6-5-27)9-16(12)23-20-25-24-19-11-28-10-17(26(19)20)13-3-2-4-14(22)8-13/h2-4,7-9,17,27H,5-6,10-11H2,1H3,(H,23,25)/t17-/m1/s1. The predicted molar refractivity (Wildman–Crippen MR) is 106 cm³/mol. The zero-order valence-electron chi connectivity index (χ0n) is 15.7. The fourth-order valence-corrected chi connectivity index (χ4v) is 3.58. The molecule has 29 heavy (non-hydrogen) atoms. The molecule has 2 N–H and O–H groups in total. The van der Waals surface area contributed by atoms with Gasteiger partial charge in [0.1, 0.15) is 24.8 Å². The fraction of sp³-hybridized carbons (Fsp3) is 0.300. The van der Waals surface area contributed by atoms with Crippen LogP contribution in [0.4, 0.5) is 16.0 Å². The molecule has 9 heteroatoms. The summed E-state index contributed by atoms with van der Waals surface area (Å²) in [6, 6.07) is 9.69. The molecule has 2 aromatic carbocycles. The van der Waals surface area contributed by atoms with E-state index in [1.54, 1.807) is 18.2 Å². The highest BCUT2D eigenvalue weighted by Crippen LogP contribution is 2.34. The summed E-state index contributed by atoms with van der Waals surface area (Å²) in [6.07, 6.45) is 0. The van der Waals surface area contributed by atoms with E-state index in [2.05, 4.69) is 15.5 Å². The van der Waals surface area contributed by atoms with Gasteiger partial charge < -0.3 is 19.9 Å². The smallest absolute Gasteiger partial charge is 0.229 e. The van der Waals surface area contributed by atoms with Gasteiger partial charge in [0.2, 0.25) is 5.95 Å². The number of halogens is 2. The van der Waals surface area contributed by atoms with Gasteiger partial charge in [-0.15, -0.1) is 10.2 Å². The van der Waals surface area contributed by atoms with Gasteiger partial charge in [-0.1, -0.05) is 23.7 Å². The molecule has 0 saturated carbocycles. The number of rotatable bonds is 6. The van der Waals surface area contributed by atoms with E-state index in [0.29, 0.717) is 35.8 Å². The number of hydrogen-bond donors (Lipinski definition) is 2. The summed E-state index contributed by atoms with van der Waals surface area (Å²) in [5.41, 5.74) is 2.40. The van der Waals surface area contributed by atoms with E-state index in [4.69, 9.17) is 26.2 Å². The maximum atomic E-state index is 13.8. The molecule has 1 aliphatic rings. The Hall–Kier alpha value is -2.68. The van der Waals surface area contributed by atoms with Gasteiger partial charge in [-0.25, -0.2) is 4.39 Å². The van der Waals surface area contributed by atoms with Crippen LogP contribution >= 0.6 is 11.6 Å². The van der Waals surface area contributed by atoms with Gasteiger partial charge >= 0.3 is 0 Å². The van der Waals surface area contributed by atoms with Crippen molar-refractivity contribution < 1.29 is 19.0 Å². The number of ether oxygens (including phenoxy) is 2. The number of aliphatic hydroxyl groups is 1. The molecule has 0 unspecified atom stereocenters. The minimum atomic E-state index is -0.309. The lowest BCUT2D eigenvalue weighted by Gasteiger charge is -2.27. The third-order valence-corrected chi connectivity index (χ3v) is 4.99. The minimum Gasteiger partial charge on any atom is -0.490 e. The molecule has 7 nitrogen and oxygen atoms in total. The monoisotopic (exact) mass is 418 g/mol. The Morgan fingerprint density at radius 2 is 2.21 bits per heavy atom. The molecule has 0 bridgehead atoms. The van der Waals surface area contributed by atoms with Crippen LogP contribution in [0.3, 0.4) is 0 Å². The van der Waals surface area contributed by atoms with E-state index in [1.807, 2.05) is 17.6 Å². The Morgan fingerprint density at radius 3 is 3.00 bits per heavy atom. The van der Waals surface area contributed by atoms with Gasteiger partial charge in [0.15, 0.2) is 5.82 Å². The van der Waals surface area contributed by atoms with Gasteiger partial charge in [0.25, 0.3) is 0 Å². The number of aliphatic hydroxyl groups excluding tert-OH is 1. The highest BCUT2D eigenvalue weighted by atomic mass is 35.5. The van der Waals surface area contributed by atoms with Crippen molar-refractivity contribution >= 4 is 23.2 Å². The van der Waals surface area contributed by atoms with Crippen LogP contribution in [0.15, 0.2) is 36.4 Å². The first-order valence-corrected chi connectivity index (χ1v) is 9.52. The summed E-state index contributed by atoms with van der Waals surface area (Å²) < 4.78 is 26.8. The van der Waals surface area contributed by atoms with E-state index in [-0.39, 0.29) is 25.1 Å². The van der Waals surface area contributed by atoms with E-state index >= 15 is 0 Å². The van der Waals surface area contributed by atoms with Gasteiger partial charge in [0.05, 0.1) is 24.3 Å². The van der Waals surface area contributed by atoms with Gasteiger partial charge in [-0.05, 0) is 36.2 Å². The van der Waals surface area contributed by atoms with Crippen LogP contribution in [0.5, 0.6) is 5.75 Å². The van der Waals surface area contributed by atoms with Crippen molar-refractivity contribution in [2.75, 3.05) is 25.1 Å². The Kier molecular flexibility index (Phi) is 5.66. The summed E-state index contributed by atoms with van der Waals surface area (Å²) in [4.78, 5) is 0. The zero-order chi connectivity index (χ0) is 20.4. The highest BCUT2D eigenvalue weighted by molar-refractivity contribution is 6.32. The van der Waals surface area contributed by atoms with Crippen LogP contribution in [0.25, 0.3) is 0 Å². The van der Waals surface area contributed by atoms with Crippen LogP contribution in [-0.2, 0) is 11.3 Å². The third kappa shape index (κ3) is 4.05. The van der Waals surface area contributed by atoms with Crippen LogP contribution < -0.4 is 10.1 Å². The van der Waals surface area contributed by atoms with Crippen molar-refractivity contribution in [1.82, 2.24) is 14.8 Å². The number of fused-ring (bicyclic) bond motifs is 1. The minimum absolute atomic E-state index is 0.111. The van der Waals surface area contributed by atoms with E-state index < -0.39 is 0 Å². The Labute approximate surface area is 172 Å². The summed E-state index contributed by atoms with van der Waals surface area (Å²) in [7, 11) is 0. The molecule has 0 amide bonds. The van der Waals surface area contributed by atoms with Crippen LogP contribution in [0.1, 0.15) is 23.0 Å². The molecule has 4 rings (SSSR count). The highest BCUT2D eigenvalue weighted by Gasteiger charge is 2.27. The average molecular weight is 419 g/mol. The summed E-state index contributed by atoms with van der Waals surface area (Å²) >= 11 is 6.23. The Balaban J connectivity index is 1.69. The van der Waals surface area contributed by atoms with Crippen molar-refractivity contribution in [2.24, 2.45) is 0 Å². The van der Waals surface area contributed by atoms with Gasteiger partial charge in [-0.3, -0.25) is 4.57 Å². The molecule has 2 heterocycles. The molecule has 1 aromatic heterocycles. The molecule has 0 fully saturated rings. The maximum Gasteiger partial charge on any atom is 0.229 e. The van der Waals surface area contributed by atoms with E-state index in [1.165, 1.54) is 12.1 Å². The fourth-order valence-electron chi connectivity index (χ4n) is 3.30. The maximum absolute atomic E-state index is 13.8. The largest absolute Gasteiger partial charge is 0.490 e. The van der Waals surface area contributed by atoms with Crippen LogP contribution in [0, 0.1) is 12.7 Å². The predicted octanol–water partition coefficient (Wildman–Crippen LogP) is 3.61. The van der Waals surface area contributed by atoms with Gasteiger partial charge in [-0.2, -0.15) is 0 Å². The molecule has 1 atom stereocenters. The summed E-state index contributed by atoms with van der Waals surface area (Å²) in [5.74, 6) is 1.31. The lowest BCUT2D eigenvalue weighted by molar-refractivity contribution is 0.0669. The molecule has 0 saturated heterocycles. The molecule has 0 radical (unpaired) electrons. The Bertz CT molecular complexity index is 1030. The first kappa shape index (κ1) is 19.6. The second kappa shape index (κ2) is 8.36. The number of hydrogen-bond acceptors (Lipinski definition) is 6. The van der Waals surface area contributed by atoms with E-state index in [9.17, 15) is 4.39 Å². The molecular weight excluding hydrogens is 399 g/mol. The van der Waals surface area contributed by atoms with Gasteiger partial charge in [0, 0.05) is 11.8 Å². The number of benzene rings is 2. The van der Waals surface area contributed by atoms with Crippen molar-refractivity contribution in [3.63, 3.8) is 0 Å². The summed E-state index contributed by atoms with van der Waals surface area (Å²) in [5, 5.41) is 21.2. The second-order valence-electron chi connectivity index (χ2n) is 6.69.